The predicted molar refractivity (Wildman–Crippen MR) is 139 cm³/mol. The summed E-state index contributed by atoms with van der Waals surface area (Å²) in [5.41, 5.74) is 11.0. The monoisotopic (exact) mass is 474 g/mol. The molecule has 0 radical (unpaired) electrons. The summed E-state index contributed by atoms with van der Waals surface area (Å²) in [5.74, 6) is 0. The quantitative estimate of drug-likeness (QED) is 0.377. The van der Waals surface area contributed by atoms with E-state index in [2.05, 4.69) is 21.4 Å². The molecule has 8 nitrogen and oxygen atoms in total. The summed E-state index contributed by atoms with van der Waals surface area (Å²) in [7, 11) is 0. The lowest BCUT2D eigenvalue weighted by atomic mass is 10.2. The molecule has 2 heterocycles. The van der Waals surface area contributed by atoms with Crippen LogP contribution in [0.4, 0.5) is 16.2 Å². The number of amides is 1. The molecule has 0 aliphatic heterocycles. The number of carbonyl (C=O) groups is 1. The molecule has 4 aromatic rings. The van der Waals surface area contributed by atoms with E-state index in [1.165, 1.54) is 5.56 Å². The van der Waals surface area contributed by atoms with Crippen LogP contribution in [0, 0.1) is 13.8 Å². The zero-order valence-electron chi connectivity index (χ0n) is 21.0. The van der Waals surface area contributed by atoms with Gasteiger partial charge in [-0.3, -0.25) is 5.32 Å². The van der Waals surface area contributed by atoms with E-state index in [4.69, 9.17) is 10.5 Å². The van der Waals surface area contributed by atoms with E-state index in [-0.39, 0.29) is 0 Å². The molecule has 0 atom stereocenters. The number of hydrogen-bond donors (Lipinski definition) is 2. The van der Waals surface area contributed by atoms with Crippen LogP contribution in [0.5, 0.6) is 0 Å². The summed E-state index contributed by atoms with van der Waals surface area (Å²) in [6.45, 7) is 11.0. The summed E-state index contributed by atoms with van der Waals surface area (Å²) in [5, 5.41) is 2.74. The van der Waals surface area contributed by atoms with E-state index in [1.807, 2.05) is 105 Å². The van der Waals surface area contributed by atoms with Gasteiger partial charge in [-0.15, -0.1) is 0 Å². The summed E-state index contributed by atoms with van der Waals surface area (Å²) in [6, 6.07) is 15.6. The van der Waals surface area contributed by atoms with Crippen molar-refractivity contribution < 1.29 is 9.53 Å². The van der Waals surface area contributed by atoms with Crippen molar-refractivity contribution in [2.75, 3.05) is 11.1 Å². The van der Waals surface area contributed by atoms with E-state index in [1.54, 1.807) is 6.33 Å². The summed E-state index contributed by atoms with van der Waals surface area (Å²) in [6.07, 6.45) is 7.18. The van der Waals surface area contributed by atoms with Gasteiger partial charge in [-0.2, -0.15) is 0 Å². The Bertz CT molecular complexity index is 1250. The molecule has 0 aliphatic carbocycles. The first-order valence-corrected chi connectivity index (χ1v) is 11.5. The Hall–Kier alpha value is -4.07. The molecule has 0 unspecified atom stereocenters. The lowest BCUT2D eigenvalue weighted by Crippen LogP contribution is -2.27. The number of nitrogen functional groups attached to an aromatic ring is 1. The van der Waals surface area contributed by atoms with E-state index >= 15 is 0 Å². The molecular weight excluding hydrogens is 440 g/mol. The van der Waals surface area contributed by atoms with Gasteiger partial charge in [0.25, 0.3) is 0 Å². The van der Waals surface area contributed by atoms with Crippen LogP contribution in [0.1, 0.15) is 43.3 Å². The fourth-order valence-corrected chi connectivity index (χ4v) is 3.40. The third kappa shape index (κ3) is 9.00. The number of carbonyl (C=O) groups excluding carboxylic acids is 1. The number of imidazole rings is 2. The highest BCUT2D eigenvalue weighted by Gasteiger charge is 2.16. The zero-order valence-corrected chi connectivity index (χ0v) is 21.0. The average Bonchev–Trinajstić information content (AvgIpc) is 3.35. The first-order chi connectivity index (χ1) is 16.6. The minimum absolute atomic E-state index is 0.446. The molecule has 2 aromatic heterocycles. The Labute approximate surface area is 206 Å². The summed E-state index contributed by atoms with van der Waals surface area (Å²) >= 11 is 0. The fraction of sp³-hybridized carbons (Fsp3) is 0.296. The largest absolute Gasteiger partial charge is 0.444 e. The van der Waals surface area contributed by atoms with Crippen LogP contribution in [0.25, 0.3) is 0 Å². The third-order valence-electron chi connectivity index (χ3n) is 4.78. The van der Waals surface area contributed by atoms with Crippen LogP contribution >= 0.6 is 0 Å². The molecule has 0 spiro atoms. The van der Waals surface area contributed by atoms with Crippen molar-refractivity contribution in [3.05, 3.63) is 96.1 Å². The lowest BCUT2D eigenvalue weighted by Gasteiger charge is -2.19. The zero-order chi connectivity index (χ0) is 25.4. The van der Waals surface area contributed by atoms with Gasteiger partial charge in [0.2, 0.25) is 0 Å². The maximum Gasteiger partial charge on any atom is 0.412 e. The van der Waals surface area contributed by atoms with E-state index in [0.29, 0.717) is 6.54 Å². The Morgan fingerprint density at radius 2 is 1.46 bits per heavy atom. The Kier molecular flexibility index (Phi) is 8.30. The lowest BCUT2D eigenvalue weighted by molar-refractivity contribution is 0.0636. The normalized spacial score (nSPS) is 10.9. The second-order valence-electron chi connectivity index (χ2n) is 9.45. The SMILES string of the molecule is Cc1cn(Cc2cccc(N)c2)cn1.Cc1cn(Cc2cccc(NC(=O)OC(C)(C)C)c2)cn1. The maximum atomic E-state index is 11.8. The molecule has 1 amide bonds. The van der Waals surface area contributed by atoms with E-state index in [0.717, 1.165) is 34.9 Å². The molecule has 0 saturated heterocycles. The number of benzene rings is 2. The summed E-state index contributed by atoms with van der Waals surface area (Å²) in [4.78, 5) is 20.1. The van der Waals surface area contributed by atoms with E-state index in [9.17, 15) is 4.79 Å². The van der Waals surface area contributed by atoms with Gasteiger partial charge in [-0.05, 0) is 70.0 Å². The predicted octanol–water partition coefficient (Wildman–Crippen LogP) is 5.41. The number of anilines is 2. The standard InChI is InChI=1S/C16H21N3O2.C11H13N3/c1-12-9-19(11-17-12)10-13-6-5-7-14(8-13)18-15(20)21-16(2,3)4;1-9-6-14(8-13-9)7-10-3-2-4-11(12)5-10/h5-9,11H,10H2,1-4H3,(H,18,20);2-6,8H,7,12H2,1H3. The molecule has 0 saturated carbocycles. The van der Waals surface area contributed by atoms with E-state index < -0.39 is 11.7 Å². The van der Waals surface area contributed by atoms with Gasteiger partial charge in [0.1, 0.15) is 5.60 Å². The third-order valence-corrected chi connectivity index (χ3v) is 4.78. The van der Waals surface area contributed by atoms with Crippen LogP contribution in [0.2, 0.25) is 0 Å². The smallest absolute Gasteiger partial charge is 0.412 e. The number of ether oxygens (including phenoxy) is 1. The number of aromatic nitrogens is 4. The Balaban J connectivity index is 0.000000211. The van der Waals surface area contributed by atoms with Crippen molar-refractivity contribution in [3.63, 3.8) is 0 Å². The van der Waals surface area contributed by atoms with Crippen molar-refractivity contribution in [1.29, 1.82) is 0 Å². The molecule has 4 rings (SSSR count). The Morgan fingerprint density at radius 3 is 1.94 bits per heavy atom. The average molecular weight is 475 g/mol. The molecule has 184 valence electrons. The number of nitrogens with zero attached hydrogens (tertiary/aromatic N) is 4. The molecule has 0 bridgehead atoms. The second kappa shape index (κ2) is 11.4. The number of hydrogen-bond acceptors (Lipinski definition) is 5. The molecule has 0 fully saturated rings. The van der Waals surface area contributed by atoms with Crippen molar-refractivity contribution in [3.8, 4) is 0 Å². The number of nitrogens with one attached hydrogen (secondary N) is 1. The van der Waals surface area contributed by atoms with Gasteiger partial charge in [0.05, 0.1) is 24.0 Å². The van der Waals surface area contributed by atoms with Crippen LogP contribution in [-0.2, 0) is 17.8 Å². The van der Waals surface area contributed by atoms with Crippen LogP contribution in [0.15, 0.2) is 73.6 Å². The first kappa shape index (κ1) is 25.6. The second-order valence-corrected chi connectivity index (χ2v) is 9.45. The van der Waals surface area contributed by atoms with Crippen LogP contribution in [0.3, 0.4) is 0 Å². The molecular formula is C27H34N6O2. The molecule has 35 heavy (non-hydrogen) atoms. The van der Waals surface area contributed by atoms with Crippen molar-refractivity contribution in [2.24, 2.45) is 0 Å². The maximum absolute atomic E-state index is 11.8. The number of aryl methyl sites for hydroxylation is 2. The highest BCUT2D eigenvalue weighted by atomic mass is 16.6. The Morgan fingerprint density at radius 1 is 0.914 bits per heavy atom. The molecule has 0 aliphatic rings. The molecule has 2 aromatic carbocycles. The summed E-state index contributed by atoms with van der Waals surface area (Å²) < 4.78 is 9.29. The minimum Gasteiger partial charge on any atom is -0.444 e. The first-order valence-electron chi connectivity index (χ1n) is 11.5. The molecule has 3 N–H and O–H groups in total. The highest BCUT2D eigenvalue weighted by molar-refractivity contribution is 5.84. The van der Waals surface area contributed by atoms with Gasteiger partial charge in [-0.1, -0.05) is 24.3 Å². The fourth-order valence-electron chi connectivity index (χ4n) is 3.40. The number of nitrogens with two attached hydrogens (primary N) is 1. The van der Waals surface area contributed by atoms with Gasteiger partial charge >= 0.3 is 6.09 Å². The van der Waals surface area contributed by atoms with Gasteiger partial charge in [0.15, 0.2) is 0 Å². The molecule has 8 heteroatoms. The van der Waals surface area contributed by atoms with Crippen molar-refractivity contribution in [2.45, 2.75) is 53.3 Å². The number of rotatable bonds is 5. The highest BCUT2D eigenvalue weighted by Crippen LogP contribution is 2.15. The van der Waals surface area contributed by atoms with Crippen LogP contribution < -0.4 is 11.1 Å². The van der Waals surface area contributed by atoms with Gasteiger partial charge < -0.3 is 19.6 Å². The topological polar surface area (TPSA) is 100.0 Å². The van der Waals surface area contributed by atoms with Crippen molar-refractivity contribution >= 4 is 17.5 Å². The van der Waals surface area contributed by atoms with Gasteiger partial charge in [0, 0.05) is 36.9 Å². The van der Waals surface area contributed by atoms with Crippen molar-refractivity contribution in [1.82, 2.24) is 19.1 Å². The van der Waals surface area contributed by atoms with Gasteiger partial charge in [-0.25, -0.2) is 14.8 Å². The van der Waals surface area contributed by atoms with Crippen LogP contribution in [-0.4, -0.2) is 30.8 Å². The minimum atomic E-state index is -0.504.